The molecule has 0 saturated heterocycles. The summed E-state index contributed by atoms with van der Waals surface area (Å²) in [4.78, 5) is 29.2. The second kappa shape index (κ2) is 11.8. The lowest BCUT2D eigenvalue weighted by molar-refractivity contribution is -0.947. The van der Waals surface area contributed by atoms with Gasteiger partial charge in [0.15, 0.2) is 0 Å². The number of unbranched alkanes of at least 4 members (excludes halogenated alkanes) is 1. The Morgan fingerprint density at radius 3 is 2.12 bits per heavy atom. The lowest BCUT2D eigenvalue weighted by Crippen LogP contribution is -2.56. The van der Waals surface area contributed by atoms with Gasteiger partial charge in [-0.15, -0.1) is 0 Å². The lowest BCUT2D eigenvalue weighted by Gasteiger charge is -2.43. The van der Waals surface area contributed by atoms with Crippen LogP contribution < -0.4 is 0 Å². The number of quaternary nitrogens is 1. The fourth-order valence-electron chi connectivity index (χ4n) is 3.26. The molecule has 0 amide bonds. The molecule has 0 heterocycles. The van der Waals surface area contributed by atoms with Gasteiger partial charge >= 0.3 is 13.8 Å². The van der Waals surface area contributed by atoms with E-state index in [9.17, 15) is 9.36 Å². The van der Waals surface area contributed by atoms with E-state index in [1.54, 1.807) is 0 Å². The highest BCUT2D eigenvalue weighted by atomic mass is 31.2. The summed E-state index contributed by atoms with van der Waals surface area (Å²) in [6.07, 6.45) is 4.29. The Balaban J connectivity index is 4.65. The van der Waals surface area contributed by atoms with E-state index >= 15 is 0 Å². The highest BCUT2D eigenvalue weighted by molar-refractivity contribution is 7.46. The van der Waals surface area contributed by atoms with E-state index in [1.165, 1.54) is 0 Å². The van der Waals surface area contributed by atoms with Crippen molar-refractivity contribution in [3.05, 3.63) is 12.7 Å². The van der Waals surface area contributed by atoms with Gasteiger partial charge in [-0.3, -0.25) is 4.52 Å². The van der Waals surface area contributed by atoms with Gasteiger partial charge in [0.1, 0.15) is 12.6 Å². The third-order valence-corrected chi connectivity index (χ3v) is 5.47. The number of rotatable bonds is 14. The third kappa shape index (κ3) is 9.52. The SMILES string of the molecule is C=CC(=O)OC(C)CCCCC(COP(=O)(O)O)[N+](CC)(CC)CC. The maximum Gasteiger partial charge on any atom is 0.469 e. The van der Waals surface area contributed by atoms with Crippen LogP contribution in [0.1, 0.15) is 53.4 Å². The van der Waals surface area contributed by atoms with Gasteiger partial charge in [0, 0.05) is 12.5 Å². The molecular formula is C17H35NO6P+. The van der Waals surface area contributed by atoms with E-state index in [2.05, 4.69) is 27.4 Å². The van der Waals surface area contributed by atoms with Gasteiger partial charge in [0.2, 0.25) is 0 Å². The fraction of sp³-hybridized carbons (Fsp3) is 0.824. The predicted octanol–water partition coefficient (Wildman–Crippen LogP) is 3.02. The molecule has 0 rings (SSSR count). The standard InChI is InChI=1S/C17H34NO6P/c1-6-17(19)24-15(5)12-10-11-13-16(14-23-25(20,21)22)18(7-2,8-3)9-4/h6,15-16H,1,7-14H2,2-5H3,(H-,20,21,22)/p+1. The molecule has 0 fully saturated rings. The summed E-state index contributed by atoms with van der Waals surface area (Å²) in [5.41, 5.74) is 0. The molecule has 0 aliphatic rings. The second-order valence-corrected chi connectivity index (χ2v) is 7.58. The molecule has 8 heteroatoms. The van der Waals surface area contributed by atoms with E-state index in [0.717, 1.165) is 55.9 Å². The maximum absolute atomic E-state index is 11.2. The van der Waals surface area contributed by atoms with Crippen LogP contribution in [0.15, 0.2) is 12.7 Å². The molecule has 0 bridgehead atoms. The summed E-state index contributed by atoms with van der Waals surface area (Å²) in [5.74, 6) is -0.418. The molecule has 2 atom stereocenters. The van der Waals surface area contributed by atoms with Gasteiger partial charge in [-0.2, -0.15) is 0 Å². The van der Waals surface area contributed by atoms with Crippen LogP contribution >= 0.6 is 7.82 Å². The molecule has 0 radical (unpaired) electrons. The Kier molecular flexibility index (Phi) is 11.5. The van der Waals surface area contributed by atoms with E-state index in [4.69, 9.17) is 19.0 Å². The number of likely N-dealkylation sites (N-methyl/N-ethyl adjacent to an activating group) is 1. The Bertz CT molecular complexity index is 438. The normalized spacial score (nSPS) is 14.8. The number of ether oxygens (including phenoxy) is 1. The van der Waals surface area contributed by atoms with Gasteiger partial charge in [-0.25, -0.2) is 9.36 Å². The molecule has 2 N–H and O–H groups in total. The van der Waals surface area contributed by atoms with E-state index in [1.807, 2.05) is 6.92 Å². The second-order valence-electron chi connectivity index (χ2n) is 6.34. The van der Waals surface area contributed by atoms with Crippen LogP contribution in [-0.4, -0.2) is 58.6 Å². The largest absolute Gasteiger partial charge is 0.469 e. The molecule has 0 aliphatic carbocycles. The number of carbonyl (C=O) groups excluding carboxylic acids is 1. The first-order valence-corrected chi connectivity index (χ1v) is 10.6. The molecule has 0 spiro atoms. The molecule has 0 aromatic rings. The summed E-state index contributed by atoms with van der Waals surface area (Å²) in [7, 11) is -4.47. The van der Waals surface area contributed by atoms with E-state index in [0.29, 0.717) is 0 Å². The minimum absolute atomic E-state index is 0.0265. The number of hydrogen-bond donors (Lipinski definition) is 2. The van der Waals surface area contributed by atoms with Gasteiger partial charge in [0.05, 0.1) is 25.7 Å². The average Bonchev–Trinajstić information content (AvgIpc) is 2.56. The van der Waals surface area contributed by atoms with Crippen molar-refractivity contribution in [3.8, 4) is 0 Å². The van der Waals surface area contributed by atoms with Crippen LogP contribution in [0.2, 0.25) is 0 Å². The number of hydrogen-bond acceptors (Lipinski definition) is 4. The van der Waals surface area contributed by atoms with Crippen LogP contribution in [0, 0.1) is 0 Å². The van der Waals surface area contributed by atoms with Crippen LogP contribution in [0.5, 0.6) is 0 Å². The van der Waals surface area contributed by atoms with Gasteiger partial charge < -0.3 is 19.0 Å². The van der Waals surface area contributed by atoms with Gasteiger partial charge in [0.25, 0.3) is 0 Å². The third-order valence-electron chi connectivity index (χ3n) is 4.98. The number of phosphoric ester groups is 1. The monoisotopic (exact) mass is 380 g/mol. The number of nitrogens with zero attached hydrogens (tertiary/aromatic N) is 1. The first kappa shape index (κ1) is 24.3. The van der Waals surface area contributed by atoms with Crippen LogP contribution in [-0.2, 0) is 18.6 Å². The minimum Gasteiger partial charge on any atom is -0.460 e. The number of carbonyl (C=O) groups is 1. The molecule has 7 nitrogen and oxygen atoms in total. The summed E-state index contributed by atoms with van der Waals surface area (Å²) < 4.78 is 21.8. The zero-order valence-corrected chi connectivity index (χ0v) is 16.9. The van der Waals surface area contributed by atoms with Crippen molar-refractivity contribution in [1.29, 1.82) is 0 Å². The summed E-state index contributed by atoms with van der Waals surface area (Å²) in [6.45, 7) is 14.2. The molecule has 0 aliphatic heterocycles. The average molecular weight is 380 g/mol. The predicted molar refractivity (Wildman–Crippen MR) is 97.9 cm³/mol. The van der Waals surface area contributed by atoms with E-state index in [-0.39, 0.29) is 18.8 Å². The van der Waals surface area contributed by atoms with Gasteiger partial charge in [-0.05, 0) is 47.0 Å². The quantitative estimate of drug-likeness (QED) is 0.158. The Hall–Kier alpha value is -0.720. The Morgan fingerprint density at radius 2 is 1.68 bits per heavy atom. The number of esters is 1. The van der Waals surface area contributed by atoms with Gasteiger partial charge in [-0.1, -0.05) is 6.58 Å². The Morgan fingerprint density at radius 1 is 1.16 bits per heavy atom. The smallest absolute Gasteiger partial charge is 0.460 e. The molecule has 0 aromatic carbocycles. The van der Waals surface area contributed by atoms with Crippen molar-refractivity contribution >= 4 is 13.8 Å². The zero-order valence-electron chi connectivity index (χ0n) is 16.0. The van der Waals surface area contributed by atoms with Crippen LogP contribution in [0.25, 0.3) is 0 Å². The maximum atomic E-state index is 11.2. The van der Waals surface area contributed by atoms with Crippen molar-refractivity contribution in [2.45, 2.75) is 65.5 Å². The van der Waals surface area contributed by atoms with Crippen molar-refractivity contribution in [3.63, 3.8) is 0 Å². The van der Waals surface area contributed by atoms with Crippen LogP contribution in [0.3, 0.4) is 0 Å². The molecule has 148 valence electrons. The molecular weight excluding hydrogens is 345 g/mol. The molecule has 2 unspecified atom stereocenters. The van der Waals surface area contributed by atoms with E-state index < -0.39 is 13.8 Å². The molecule has 25 heavy (non-hydrogen) atoms. The highest BCUT2D eigenvalue weighted by Crippen LogP contribution is 2.37. The van der Waals surface area contributed by atoms with Crippen molar-refractivity contribution in [2.24, 2.45) is 0 Å². The first-order valence-electron chi connectivity index (χ1n) is 9.02. The fourth-order valence-corrected chi connectivity index (χ4v) is 3.63. The Labute approximate surface area is 151 Å². The van der Waals surface area contributed by atoms with Crippen molar-refractivity contribution < 1.29 is 32.9 Å². The topological polar surface area (TPSA) is 93.1 Å². The minimum atomic E-state index is -4.47. The first-order chi connectivity index (χ1) is 11.6. The summed E-state index contributed by atoms with van der Waals surface area (Å²) in [6, 6.07) is 0.0265. The van der Waals surface area contributed by atoms with Crippen LogP contribution in [0.4, 0.5) is 0 Å². The summed E-state index contributed by atoms with van der Waals surface area (Å²) >= 11 is 0. The zero-order chi connectivity index (χ0) is 19.5. The molecule has 0 saturated carbocycles. The molecule has 0 aromatic heterocycles. The number of phosphoric acid groups is 1. The van der Waals surface area contributed by atoms with Crippen molar-refractivity contribution in [1.82, 2.24) is 0 Å². The summed E-state index contributed by atoms with van der Waals surface area (Å²) in [5, 5.41) is 0. The highest BCUT2D eigenvalue weighted by Gasteiger charge is 2.34. The van der Waals surface area contributed by atoms with Crippen molar-refractivity contribution in [2.75, 3.05) is 26.2 Å². The lowest BCUT2D eigenvalue weighted by atomic mass is 10.0.